The minimum Gasteiger partial charge on any atom is -0.507 e. The number of nitrogens with zero attached hydrogens (tertiary/aromatic N) is 1. The Labute approximate surface area is 88.1 Å². The van der Waals surface area contributed by atoms with E-state index < -0.39 is 0 Å². The van der Waals surface area contributed by atoms with Crippen LogP contribution in [0.1, 0.15) is 10.4 Å². The number of aromatic hydroxyl groups is 1. The Morgan fingerprint density at radius 1 is 1.47 bits per heavy atom. The molecular weight excluding hydrogens is 194 g/mol. The van der Waals surface area contributed by atoms with Crippen LogP contribution in [0, 0.1) is 6.07 Å². The Bertz CT molecular complexity index is 359. The molecule has 0 spiro atoms. The molecule has 0 atom stereocenters. The molecule has 1 heterocycles. The summed E-state index contributed by atoms with van der Waals surface area (Å²) in [5.41, 5.74) is 0.305. The molecule has 2 rings (SSSR count). The van der Waals surface area contributed by atoms with Gasteiger partial charge in [0.05, 0.1) is 18.8 Å². The fourth-order valence-corrected chi connectivity index (χ4v) is 1.53. The Morgan fingerprint density at radius 3 is 2.87 bits per heavy atom. The summed E-state index contributed by atoms with van der Waals surface area (Å²) in [5, 5.41) is 9.51. The summed E-state index contributed by atoms with van der Waals surface area (Å²) in [6.45, 7) is 2.27. The van der Waals surface area contributed by atoms with Crippen molar-refractivity contribution in [3.05, 3.63) is 29.8 Å². The average Bonchev–Trinajstić information content (AvgIpc) is 2.30. The molecule has 1 saturated heterocycles. The van der Waals surface area contributed by atoms with E-state index in [4.69, 9.17) is 4.74 Å². The maximum Gasteiger partial charge on any atom is 0.257 e. The lowest BCUT2D eigenvalue weighted by Gasteiger charge is -2.26. The molecule has 1 amide bonds. The zero-order valence-corrected chi connectivity index (χ0v) is 8.27. The molecule has 0 bridgehead atoms. The molecule has 0 saturated carbocycles. The predicted octanol–water partition coefficient (Wildman–Crippen LogP) is 0.665. The van der Waals surface area contributed by atoms with Crippen LogP contribution in [0.2, 0.25) is 0 Å². The van der Waals surface area contributed by atoms with Gasteiger partial charge in [0, 0.05) is 13.1 Å². The molecule has 1 aliphatic heterocycles. The zero-order valence-electron chi connectivity index (χ0n) is 8.27. The highest BCUT2D eigenvalue weighted by molar-refractivity contribution is 5.96. The first-order chi connectivity index (χ1) is 7.29. The first-order valence-electron chi connectivity index (χ1n) is 4.85. The summed E-state index contributed by atoms with van der Waals surface area (Å²) >= 11 is 0. The second-order valence-electron chi connectivity index (χ2n) is 3.35. The molecule has 1 aliphatic rings. The van der Waals surface area contributed by atoms with Crippen LogP contribution in [0.15, 0.2) is 18.2 Å². The Hall–Kier alpha value is -1.55. The number of ether oxygens (including phenoxy) is 1. The first kappa shape index (κ1) is 9.98. The van der Waals surface area contributed by atoms with Crippen molar-refractivity contribution < 1.29 is 14.6 Å². The van der Waals surface area contributed by atoms with Gasteiger partial charge in [-0.3, -0.25) is 4.79 Å². The van der Waals surface area contributed by atoms with E-state index in [1.165, 1.54) is 12.1 Å². The van der Waals surface area contributed by atoms with Crippen LogP contribution < -0.4 is 0 Å². The molecule has 1 aromatic carbocycles. The number of hydrogen-bond acceptors (Lipinski definition) is 3. The maximum absolute atomic E-state index is 11.9. The van der Waals surface area contributed by atoms with Gasteiger partial charge in [-0.2, -0.15) is 0 Å². The predicted molar refractivity (Wildman–Crippen MR) is 53.7 cm³/mol. The summed E-state index contributed by atoms with van der Waals surface area (Å²) in [6, 6.07) is 7.33. The molecule has 4 nitrogen and oxygen atoms in total. The van der Waals surface area contributed by atoms with Crippen LogP contribution in [-0.2, 0) is 4.74 Å². The fraction of sp³-hybridized carbons (Fsp3) is 0.364. The molecule has 0 aliphatic carbocycles. The molecule has 1 aromatic rings. The van der Waals surface area contributed by atoms with E-state index in [2.05, 4.69) is 6.07 Å². The third-order valence-electron chi connectivity index (χ3n) is 2.37. The summed E-state index contributed by atoms with van der Waals surface area (Å²) in [5.74, 6) is -0.155. The normalized spacial score (nSPS) is 16.4. The Balaban J connectivity index is 2.16. The van der Waals surface area contributed by atoms with Gasteiger partial charge >= 0.3 is 0 Å². The van der Waals surface area contributed by atoms with Gasteiger partial charge in [-0.25, -0.2) is 0 Å². The van der Waals surface area contributed by atoms with Gasteiger partial charge in [0.15, 0.2) is 0 Å². The van der Waals surface area contributed by atoms with Crippen molar-refractivity contribution in [3.63, 3.8) is 0 Å². The number of rotatable bonds is 1. The monoisotopic (exact) mass is 206 g/mol. The smallest absolute Gasteiger partial charge is 0.257 e. The van der Waals surface area contributed by atoms with Crippen LogP contribution in [0.4, 0.5) is 0 Å². The van der Waals surface area contributed by atoms with Crippen LogP contribution in [-0.4, -0.2) is 42.2 Å². The van der Waals surface area contributed by atoms with Crippen molar-refractivity contribution in [2.75, 3.05) is 26.3 Å². The largest absolute Gasteiger partial charge is 0.507 e. The van der Waals surface area contributed by atoms with E-state index in [0.29, 0.717) is 31.9 Å². The molecule has 79 valence electrons. The number of amides is 1. The standard InChI is InChI=1S/C11H12NO3/c13-10-4-2-1-3-9(10)11(14)12-5-7-15-8-6-12/h2-4,13H,5-8H2. The number of carbonyl (C=O) groups excluding carboxylic acids is 1. The summed E-state index contributed by atoms with van der Waals surface area (Å²) < 4.78 is 5.15. The second kappa shape index (κ2) is 4.31. The van der Waals surface area contributed by atoms with Gasteiger partial charge in [-0.1, -0.05) is 6.07 Å². The molecule has 1 fully saturated rings. The first-order valence-corrected chi connectivity index (χ1v) is 4.85. The quantitative estimate of drug-likeness (QED) is 0.734. The van der Waals surface area contributed by atoms with Crippen LogP contribution >= 0.6 is 0 Å². The third kappa shape index (κ3) is 2.10. The van der Waals surface area contributed by atoms with Gasteiger partial charge in [-0.15, -0.1) is 0 Å². The van der Waals surface area contributed by atoms with Crippen LogP contribution in [0.25, 0.3) is 0 Å². The van der Waals surface area contributed by atoms with Crippen molar-refractivity contribution in [2.45, 2.75) is 0 Å². The average molecular weight is 206 g/mol. The zero-order chi connectivity index (χ0) is 10.7. The summed E-state index contributed by atoms with van der Waals surface area (Å²) in [7, 11) is 0. The third-order valence-corrected chi connectivity index (χ3v) is 2.37. The van der Waals surface area contributed by atoms with Crippen LogP contribution in [0.5, 0.6) is 5.75 Å². The number of benzene rings is 1. The number of hydrogen-bond donors (Lipinski definition) is 1. The molecular formula is C11H12NO3. The van der Waals surface area contributed by atoms with Crippen molar-refractivity contribution >= 4 is 5.91 Å². The number of carbonyl (C=O) groups is 1. The molecule has 15 heavy (non-hydrogen) atoms. The van der Waals surface area contributed by atoms with Gasteiger partial charge in [0.1, 0.15) is 5.75 Å². The maximum atomic E-state index is 11.9. The molecule has 1 N–H and O–H groups in total. The molecule has 1 radical (unpaired) electrons. The molecule has 4 heteroatoms. The van der Waals surface area contributed by atoms with Crippen molar-refractivity contribution in [3.8, 4) is 5.75 Å². The minimum atomic E-state index is -0.160. The Morgan fingerprint density at radius 2 is 2.20 bits per heavy atom. The highest BCUT2D eigenvalue weighted by atomic mass is 16.5. The van der Waals surface area contributed by atoms with Gasteiger partial charge in [0.2, 0.25) is 0 Å². The van der Waals surface area contributed by atoms with Gasteiger partial charge < -0.3 is 14.7 Å². The van der Waals surface area contributed by atoms with Crippen molar-refractivity contribution in [2.24, 2.45) is 0 Å². The highest BCUT2D eigenvalue weighted by Gasteiger charge is 2.20. The number of morpholine rings is 1. The fourth-order valence-electron chi connectivity index (χ4n) is 1.53. The van der Waals surface area contributed by atoms with E-state index in [9.17, 15) is 9.90 Å². The van der Waals surface area contributed by atoms with E-state index in [0.717, 1.165) is 0 Å². The summed E-state index contributed by atoms with van der Waals surface area (Å²) in [4.78, 5) is 13.6. The number of phenols is 1. The topological polar surface area (TPSA) is 49.8 Å². The van der Waals surface area contributed by atoms with Crippen LogP contribution in [0.3, 0.4) is 0 Å². The lowest BCUT2D eigenvalue weighted by atomic mass is 10.1. The molecule has 0 unspecified atom stereocenters. The van der Waals surface area contributed by atoms with Gasteiger partial charge in [-0.05, 0) is 18.2 Å². The number of phenolic OH excluding ortho intramolecular Hbond substituents is 1. The minimum absolute atomic E-state index is 0.00485. The van der Waals surface area contributed by atoms with Gasteiger partial charge in [0.25, 0.3) is 5.91 Å². The molecule has 0 aromatic heterocycles. The van der Waals surface area contributed by atoms with E-state index in [1.807, 2.05) is 0 Å². The van der Waals surface area contributed by atoms with Crippen molar-refractivity contribution in [1.29, 1.82) is 0 Å². The van der Waals surface area contributed by atoms with E-state index >= 15 is 0 Å². The Kier molecular flexibility index (Phi) is 2.87. The lowest BCUT2D eigenvalue weighted by molar-refractivity contribution is 0.0301. The summed E-state index contributed by atoms with van der Waals surface area (Å²) in [6.07, 6.45) is 0. The lowest BCUT2D eigenvalue weighted by Crippen LogP contribution is -2.40. The second-order valence-corrected chi connectivity index (χ2v) is 3.35. The highest BCUT2D eigenvalue weighted by Crippen LogP contribution is 2.17. The SMILES string of the molecule is O=C(c1c[c]ccc1O)N1CCOCC1. The van der Waals surface area contributed by atoms with E-state index in [1.54, 1.807) is 11.0 Å². The van der Waals surface area contributed by atoms with Crippen molar-refractivity contribution in [1.82, 2.24) is 4.90 Å². The van der Waals surface area contributed by atoms with E-state index in [-0.39, 0.29) is 11.7 Å².